The maximum Gasteiger partial charge on any atom is 0.317 e. The summed E-state index contributed by atoms with van der Waals surface area (Å²) in [4.78, 5) is 27.1. The summed E-state index contributed by atoms with van der Waals surface area (Å²) in [7, 11) is 0. The Morgan fingerprint density at radius 3 is 2.15 bits per heavy atom. The van der Waals surface area contributed by atoms with Gasteiger partial charge in [0.05, 0.1) is 23.5 Å². The molecule has 46 heavy (non-hydrogen) atoms. The number of aliphatic hydroxyl groups is 5. The van der Waals surface area contributed by atoms with Gasteiger partial charge in [-0.2, -0.15) is 0 Å². The summed E-state index contributed by atoms with van der Waals surface area (Å²) in [5, 5.41) is 62.9. The second-order valence-corrected chi connectivity index (χ2v) is 17.1. The molecule has 0 bridgehead atoms. The molecule has 0 amide bonds. The van der Waals surface area contributed by atoms with Crippen molar-refractivity contribution in [3.8, 4) is 0 Å². The highest BCUT2D eigenvalue weighted by Gasteiger charge is 2.73. The molecule has 0 radical (unpaired) electrons. The van der Waals surface area contributed by atoms with E-state index in [-0.39, 0.29) is 45.8 Å². The van der Waals surface area contributed by atoms with E-state index < -0.39 is 66.2 Å². The van der Waals surface area contributed by atoms with Gasteiger partial charge in [0.15, 0.2) is 0 Å². The second kappa shape index (κ2) is 11.2. The van der Waals surface area contributed by atoms with Crippen molar-refractivity contribution >= 4 is 11.9 Å². The molecule has 10 heteroatoms. The largest absolute Gasteiger partial charge is 0.481 e. The van der Waals surface area contributed by atoms with Gasteiger partial charge >= 0.3 is 11.9 Å². The lowest BCUT2D eigenvalue weighted by Crippen LogP contribution is -2.68. The number of esters is 1. The van der Waals surface area contributed by atoms with Crippen LogP contribution in [0.4, 0.5) is 0 Å². The van der Waals surface area contributed by atoms with Crippen LogP contribution < -0.4 is 0 Å². The van der Waals surface area contributed by atoms with E-state index in [0.717, 1.165) is 44.1 Å². The number of hydrogen-bond donors (Lipinski definition) is 6. The number of rotatable bonds is 5. The third-order valence-electron chi connectivity index (χ3n) is 15.6. The minimum absolute atomic E-state index is 0.0662. The number of carbonyl (C=O) groups is 2. The highest BCUT2D eigenvalue weighted by molar-refractivity contribution is 5.78. The monoisotopic (exact) mass is 648 g/mol. The number of carbonyl (C=O) groups excluding carboxylic acids is 1. The van der Waals surface area contributed by atoms with Gasteiger partial charge in [-0.25, -0.2) is 0 Å². The van der Waals surface area contributed by atoms with Crippen LogP contribution in [0.1, 0.15) is 98.8 Å². The molecule has 0 aromatic carbocycles. The summed E-state index contributed by atoms with van der Waals surface area (Å²) < 4.78 is 11.2. The van der Waals surface area contributed by atoms with E-state index in [1.165, 1.54) is 0 Å². The lowest BCUT2D eigenvalue weighted by molar-refractivity contribution is -0.302. The summed E-state index contributed by atoms with van der Waals surface area (Å²) in [5.41, 5.74) is -1.41. The Balaban J connectivity index is 1.31. The second-order valence-electron chi connectivity index (χ2n) is 17.1. The molecule has 0 aromatic heterocycles. The van der Waals surface area contributed by atoms with Crippen molar-refractivity contribution in [1.29, 1.82) is 0 Å². The molecule has 1 saturated heterocycles. The topological polar surface area (TPSA) is 174 Å². The van der Waals surface area contributed by atoms with Crippen LogP contribution in [0.25, 0.3) is 0 Å². The zero-order valence-corrected chi connectivity index (χ0v) is 28.2. The molecule has 16 atom stereocenters. The number of ether oxygens (including phenoxy) is 2. The van der Waals surface area contributed by atoms with Crippen LogP contribution in [0, 0.1) is 56.7 Å². The van der Waals surface area contributed by atoms with Gasteiger partial charge in [0, 0.05) is 0 Å². The van der Waals surface area contributed by atoms with Crippen LogP contribution in [0.15, 0.2) is 12.2 Å². The molecule has 6 aliphatic rings. The van der Waals surface area contributed by atoms with Crippen LogP contribution in [0.2, 0.25) is 0 Å². The number of aliphatic hydroxyl groups excluding tert-OH is 5. The molecule has 6 rings (SSSR count). The smallest absolute Gasteiger partial charge is 0.317 e. The van der Waals surface area contributed by atoms with E-state index in [1.54, 1.807) is 6.92 Å². The molecular formula is C36H56O10. The van der Waals surface area contributed by atoms with E-state index in [0.29, 0.717) is 25.7 Å². The fraction of sp³-hybridized carbons (Fsp3) is 0.889. The summed E-state index contributed by atoms with van der Waals surface area (Å²) in [6.07, 6.45) is -1.12. The van der Waals surface area contributed by atoms with E-state index in [1.807, 2.05) is 0 Å². The normalized spacial score (nSPS) is 54.9. The van der Waals surface area contributed by atoms with E-state index in [2.05, 4.69) is 34.3 Å². The first-order valence-corrected chi connectivity index (χ1v) is 17.5. The van der Waals surface area contributed by atoms with Crippen molar-refractivity contribution in [1.82, 2.24) is 0 Å². The van der Waals surface area contributed by atoms with Crippen molar-refractivity contribution < 1.29 is 49.7 Å². The first-order valence-electron chi connectivity index (χ1n) is 17.5. The Bertz CT molecular complexity index is 1250. The standard InChI is InChI=1S/C36H56O10/c1-18(2)19-9-14-36(30(42)43)16-15-33(4)20(25(19)36)7-8-22-32(3)12-11-24(38)35(6,23(32)10-13-34(22,33)5)31(44)46-29-28(41)27(40)26(39)21(17-37)45-29/h19-29,37-41H,1,7-17H2,2-6H3,(H,42,43)/t19-,20+,21+,22+,23+,24+,25+,26+,27-,28+,29-,32+,33+,34+,35-,36-/m0/s1. The maximum atomic E-state index is 14.1. The van der Waals surface area contributed by atoms with Crippen molar-refractivity contribution in [3.05, 3.63) is 12.2 Å². The molecule has 0 aromatic rings. The first-order chi connectivity index (χ1) is 21.4. The molecule has 5 aliphatic carbocycles. The fourth-order valence-electron chi connectivity index (χ4n) is 12.9. The number of carboxylic acid groups (broad SMARTS) is 1. The molecule has 5 saturated carbocycles. The van der Waals surface area contributed by atoms with Gasteiger partial charge in [-0.15, -0.1) is 0 Å². The fourth-order valence-corrected chi connectivity index (χ4v) is 12.9. The number of fused-ring (bicyclic) bond motifs is 7. The Hall–Kier alpha value is -1.56. The highest BCUT2D eigenvalue weighted by atomic mass is 16.7. The van der Waals surface area contributed by atoms with Gasteiger partial charge < -0.3 is 40.1 Å². The molecule has 6 N–H and O–H groups in total. The van der Waals surface area contributed by atoms with Crippen LogP contribution in [0.3, 0.4) is 0 Å². The lowest BCUT2D eigenvalue weighted by atomic mass is 9.32. The zero-order valence-electron chi connectivity index (χ0n) is 28.2. The van der Waals surface area contributed by atoms with E-state index >= 15 is 0 Å². The number of allylic oxidation sites excluding steroid dienone is 1. The summed E-state index contributed by atoms with van der Waals surface area (Å²) in [6, 6.07) is 0. The predicted octanol–water partition coefficient (Wildman–Crippen LogP) is 3.41. The Morgan fingerprint density at radius 1 is 0.826 bits per heavy atom. The number of aliphatic carboxylic acids is 1. The average Bonchev–Trinajstić information content (AvgIpc) is 3.41. The lowest BCUT2D eigenvalue weighted by Gasteiger charge is -2.72. The quantitative estimate of drug-likeness (QED) is 0.192. The minimum Gasteiger partial charge on any atom is -0.481 e. The third-order valence-corrected chi connectivity index (χ3v) is 15.6. The van der Waals surface area contributed by atoms with Crippen molar-refractivity contribution in [3.63, 3.8) is 0 Å². The van der Waals surface area contributed by atoms with E-state index in [9.17, 15) is 40.2 Å². The van der Waals surface area contributed by atoms with E-state index in [4.69, 9.17) is 9.47 Å². The molecule has 10 nitrogen and oxygen atoms in total. The molecule has 6 fully saturated rings. The van der Waals surface area contributed by atoms with Crippen LogP contribution >= 0.6 is 0 Å². The molecule has 260 valence electrons. The molecule has 0 spiro atoms. The highest BCUT2D eigenvalue weighted by Crippen LogP contribution is 2.77. The third kappa shape index (κ3) is 4.35. The summed E-state index contributed by atoms with van der Waals surface area (Å²) >= 11 is 0. The zero-order chi connectivity index (χ0) is 33.8. The maximum absolute atomic E-state index is 14.1. The SMILES string of the molecule is C=C(C)[C@@H]1CC[C@]2(C(=O)O)CC[C@]3(C)[C@H](CC[C@@H]4[C@@]5(C)CC[C@@H](O)[C@@](C)(C(=O)O[C@@H]6O[C@H](CO)[C@@H](O)[C@H](O)[C@H]6O)[C@@H]5CC[C@]43C)[C@@H]12. The van der Waals surface area contributed by atoms with Gasteiger partial charge in [-0.3, -0.25) is 9.59 Å². The summed E-state index contributed by atoms with van der Waals surface area (Å²) in [6.45, 7) is 14.6. The van der Waals surface area contributed by atoms with Gasteiger partial charge in [-0.1, -0.05) is 32.9 Å². The molecular weight excluding hydrogens is 592 g/mol. The Morgan fingerprint density at radius 2 is 1.52 bits per heavy atom. The van der Waals surface area contributed by atoms with Crippen LogP contribution in [-0.4, -0.2) is 86.0 Å². The number of carboxylic acids is 1. The molecule has 0 unspecified atom stereocenters. The minimum atomic E-state index is -1.72. The van der Waals surface area contributed by atoms with Gasteiger partial charge in [0.2, 0.25) is 6.29 Å². The van der Waals surface area contributed by atoms with Gasteiger partial charge in [0.25, 0.3) is 0 Å². The van der Waals surface area contributed by atoms with Gasteiger partial charge in [-0.05, 0) is 124 Å². The molecule has 1 aliphatic heterocycles. The Kier molecular flexibility index (Phi) is 8.38. The average molecular weight is 649 g/mol. The Labute approximate surface area is 272 Å². The van der Waals surface area contributed by atoms with Crippen molar-refractivity contribution in [2.45, 2.75) is 136 Å². The van der Waals surface area contributed by atoms with Crippen LogP contribution in [0.5, 0.6) is 0 Å². The van der Waals surface area contributed by atoms with Crippen molar-refractivity contribution in [2.75, 3.05) is 6.61 Å². The first kappa shape index (κ1) is 34.3. The van der Waals surface area contributed by atoms with Crippen molar-refractivity contribution in [2.24, 2.45) is 56.7 Å². The van der Waals surface area contributed by atoms with Crippen LogP contribution in [-0.2, 0) is 19.1 Å². The van der Waals surface area contributed by atoms with Gasteiger partial charge in [0.1, 0.15) is 24.4 Å². The summed E-state index contributed by atoms with van der Waals surface area (Å²) in [5.74, 6) is -0.817. The number of hydrogen-bond acceptors (Lipinski definition) is 9. The molecule has 1 heterocycles. The predicted molar refractivity (Wildman–Crippen MR) is 167 cm³/mol.